The Labute approximate surface area is 147 Å². The van der Waals surface area contributed by atoms with Gasteiger partial charge in [0.1, 0.15) is 0 Å². The minimum absolute atomic E-state index is 0.514. The van der Waals surface area contributed by atoms with Crippen molar-refractivity contribution in [2.24, 2.45) is 0 Å². The molecule has 0 aliphatic rings. The van der Waals surface area contributed by atoms with Crippen LogP contribution in [0.3, 0.4) is 0 Å². The third-order valence-electron chi connectivity index (χ3n) is 3.74. The average molecular weight is 337 g/mol. The first-order valence-corrected chi connectivity index (χ1v) is 8.59. The van der Waals surface area contributed by atoms with Crippen LogP contribution in [0.2, 0.25) is 0 Å². The number of nitrogens with zero attached hydrogens (tertiary/aromatic N) is 6. The molecule has 25 heavy (non-hydrogen) atoms. The molecule has 0 unspecified atom stereocenters. The van der Waals surface area contributed by atoms with Gasteiger partial charge in [0.15, 0.2) is 0 Å². The zero-order valence-corrected chi connectivity index (χ0v) is 14.6. The molecule has 1 aromatic carbocycles. The number of aromatic nitrogens is 5. The van der Waals surface area contributed by atoms with E-state index in [4.69, 9.17) is 0 Å². The molecular formula is C18H23N7. The van der Waals surface area contributed by atoms with E-state index in [2.05, 4.69) is 56.2 Å². The van der Waals surface area contributed by atoms with Gasteiger partial charge in [-0.1, -0.05) is 37.3 Å². The molecule has 3 aromatic rings. The highest BCUT2D eigenvalue weighted by atomic mass is 15.4. The third-order valence-corrected chi connectivity index (χ3v) is 3.74. The summed E-state index contributed by atoms with van der Waals surface area (Å²) >= 11 is 0. The van der Waals surface area contributed by atoms with E-state index in [9.17, 15) is 0 Å². The van der Waals surface area contributed by atoms with Crippen LogP contribution in [-0.2, 0) is 6.54 Å². The fraction of sp³-hybridized carbons (Fsp3) is 0.333. The van der Waals surface area contributed by atoms with E-state index in [1.54, 1.807) is 10.9 Å². The highest BCUT2D eigenvalue weighted by Gasteiger charge is 2.14. The predicted molar refractivity (Wildman–Crippen MR) is 98.9 cm³/mol. The van der Waals surface area contributed by atoms with E-state index in [1.165, 1.54) is 5.56 Å². The second kappa shape index (κ2) is 8.23. The highest BCUT2D eigenvalue weighted by Crippen LogP contribution is 2.16. The lowest BCUT2D eigenvalue weighted by molar-refractivity contribution is 0.747. The smallest absolute Gasteiger partial charge is 0.257 e. The van der Waals surface area contributed by atoms with Gasteiger partial charge in [0.2, 0.25) is 11.9 Å². The number of benzene rings is 1. The molecule has 0 radical (unpaired) electrons. The lowest BCUT2D eigenvalue weighted by atomic mass is 10.2. The van der Waals surface area contributed by atoms with Gasteiger partial charge < -0.3 is 10.2 Å². The molecule has 0 bridgehead atoms. The van der Waals surface area contributed by atoms with Gasteiger partial charge >= 0.3 is 0 Å². The first-order chi connectivity index (χ1) is 12.3. The van der Waals surface area contributed by atoms with E-state index in [0.717, 1.165) is 26.1 Å². The van der Waals surface area contributed by atoms with Crippen molar-refractivity contribution < 1.29 is 0 Å². The third kappa shape index (κ3) is 4.32. The Kier molecular flexibility index (Phi) is 5.56. The summed E-state index contributed by atoms with van der Waals surface area (Å²) in [5, 5.41) is 7.49. The molecule has 130 valence electrons. The van der Waals surface area contributed by atoms with Gasteiger partial charge in [-0.05, 0) is 25.0 Å². The van der Waals surface area contributed by atoms with Crippen LogP contribution in [0, 0.1) is 0 Å². The van der Waals surface area contributed by atoms with Crippen LogP contribution in [0.1, 0.15) is 25.8 Å². The van der Waals surface area contributed by atoms with Crippen molar-refractivity contribution in [1.82, 2.24) is 24.7 Å². The van der Waals surface area contributed by atoms with Crippen LogP contribution < -0.4 is 10.2 Å². The van der Waals surface area contributed by atoms with Gasteiger partial charge in [-0.25, -0.2) is 4.68 Å². The normalized spacial score (nSPS) is 10.6. The summed E-state index contributed by atoms with van der Waals surface area (Å²) in [6, 6.07) is 12.2. The molecule has 0 aliphatic heterocycles. The van der Waals surface area contributed by atoms with Crippen molar-refractivity contribution in [3.8, 4) is 5.95 Å². The van der Waals surface area contributed by atoms with Crippen molar-refractivity contribution in [3.63, 3.8) is 0 Å². The molecule has 0 atom stereocenters. The number of hydrogen-bond acceptors (Lipinski definition) is 6. The van der Waals surface area contributed by atoms with E-state index in [0.29, 0.717) is 17.8 Å². The highest BCUT2D eigenvalue weighted by molar-refractivity contribution is 5.40. The first-order valence-electron chi connectivity index (χ1n) is 8.59. The Morgan fingerprint density at radius 2 is 1.88 bits per heavy atom. The minimum atomic E-state index is 0.514. The maximum absolute atomic E-state index is 4.62. The molecular weight excluding hydrogens is 314 g/mol. The quantitative estimate of drug-likeness (QED) is 0.681. The van der Waals surface area contributed by atoms with Crippen LogP contribution in [0.4, 0.5) is 11.9 Å². The molecule has 1 N–H and O–H groups in total. The maximum atomic E-state index is 4.62. The van der Waals surface area contributed by atoms with E-state index in [1.807, 2.05) is 30.5 Å². The number of anilines is 2. The molecule has 7 heteroatoms. The minimum Gasteiger partial charge on any atom is -0.354 e. The summed E-state index contributed by atoms with van der Waals surface area (Å²) in [5.74, 6) is 1.73. The van der Waals surface area contributed by atoms with Crippen molar-refractivity contribution in [2.45, 2.75) is 26.8 Å². The van der Waals surface area contributed by atoms with Gasteiger partial charge in [0, 0.05) is 32.0 Å². The van der Waals surface area contributed by atoms with Crippen molar-refractivity contribution in [2.75, 3.05) is 23.3 Å². The molecule has 0 spiro atoms. The Balaban J connectivity index is 1.93. The lowest BCUT2D eigenvalue weighted by Crippen LogP contribution is -2.26. The van der Waals surface area contributed by atoms with Crippen molar-refractivity contribution in [3.05, 3.63) is 54.4 Å². The molecule has 0 amide bonds. The van der Waals surface area contributed by atoms with Gasteiger partial charge in [-0.3, -0.25) is 0 Å². The summed E-state index contributed by atoms with van der Waals surface area (Å²) in [4.78, 5) is 15.8. The molecule has 3 rings (SSSR count). The van der Waals surface area contributed by atoms with Gasteiger partial charge in [0.05, 0.1) is 0 Å². The topological polar surface area (TPSA) is 71.8 Å². The van der Waals surface area contributed by atoms with Gasteiger partial charge in [0.25, 0.3) is 5.95 Å². The van der Waals surface area contributed by atoms with Crippen molar-refractivity contribution in [1.29, 1.82) is 0 Å². The van der Waals surface area contributed by atoms with E-state index < -0.39 is 0 Å². The van der Waals surface area contributed by atoms with Crippen LogP contribution in [-0.4, -0.2) is 37.8 Å². The van der Waals surface area contributed by atoms with Crippen molar-refractivity contribution >= 4 is 11.9 Å². The average Bonchev–Trinajstić information content (AvgIpc) is 3.20. The van der Waals surface area contributed by atoms with Gasteiger partial charge in [-0.2, -0.15) is 20.1 Å². The maximum Gasteiger partial charge on any atom is 0.257 e. The summed E-state index contributed by atoms with van der Waals surface area (Å²) < 4.78 is 1.65. The first kappa shape index (κ1) is 16.9. The summed E-state index contributed by atoms with van der Waals surface area (Å²) in [6.07, 6.45) is 4.54. The summed E-state index contributed by atoms with van der Waals surface area (Å²) in [6.45, 7) is 6.56. The Hall–Kier alpha value is -2.96. The number of nitrogens with one attached hydrogen (secondary N) is 1. The van der Waals surface area contributed by atoms with Crippen LogP contribution in [0.15, 0.2) is 48.8 Å². The fourth-order valence-corrected chi connectivity index (χ4v) is 2.43. The van der Waals surface area contributed by atoms with Crippen LogP contribution in [0.25, 0.3) is 5.95 Å². The Bertz CT molecular complexity index is 771. The zero-order valence-electron chi connectivity index (χ0n) is 14.6. The molecule has 0 aliphatic carbocycles. The van der Waals surface area contributed by atoms with Crippen LogP contribution >= 0.6 is 0 Å². The molecule has 0 fully saturated rings. The van der Waals surface area contributed by atoms with Crippen LogP contribution in [0.5, 0.6) is 0 Å². The zero-order chi connectivity index (χ0) is 17.5. The van der Waals surface area contributed by atoms with E-state index >= 15 is 0 Å². The fourth-order valence-electron chi connectivity index (χ4n) is 2.43. The largest absolute Gasteiger partial charge is 0.354 e. The SMILES string of the molecule is CCCNc1nc(N(CC)Cc2ccccc2)nc(-n2cccn2)n1. The van der Waals surface area contributed by atoms with E-state index in [-0.39, 0.29) is 0 Å². The molecule has 2 aromatic heterocycles. The second-order valence-electron chi connectivity index (χ2n) is 5.64. The predicted octanol–water partition coefficient (Wildman–Crippen LogP) is 2.91. The molecule has 2 heterocycles. The summed E-state index contributed by atoms with van der Waals surface area (Å²) in [5.41, 5.74) is 1.22. The number of rotatable bonds is 8. The summed E-state index contributed by atoms with van der Waals surface area (Å²) in [7, 11) is 0. The molecule has 0 saturated carbocycles. The molecule has 7 nitrogen and oxygen atoms in total. The Morgan fingerprint density at radius 3 is 2.56 bits per heavy atom. The second-order valence-corrected chi connectivity index (χ2v) is 5.64. The Morgan fingerprint density at radius 1 is 1.04 bits per heavy atom. The monoisotopic (exact) mass is 337 g/mol. The van der Waals surface area contributed by atoms with Gasteiger partial charge in [-0.15, -0.1) is 0 Å². The number of hydrogen-bond donors (Lipinski definition) is 1. The lowest BCUT2D eigenvalue weighted by Gasteiger charge is -2.21. The molecule has 0 saturated heterocycles. The standard InChI is InChI=1S/C18H23N7/c1-3-11-19-16-21-17(23-18(22-16)25-13-8-12-20-25)24(4-2)14-15-9-6-5-7-10-15/h5-10,12-13H,3-4,11,14H2,1-2H3,(H,19,21,22,23).